The second-order valence-corrected chi connectivity index (χ2v) is 6.00. The van der Waals surface area contributed by atoms with Crippen LogP contribution in [0.4, 0.5) is 0 Å². The Labute approximate surface area is 141 Å². The third-order valence-electron chi connectivity index (χ3n) is 4.34. The maximum absolute atomic E-state index is 12.4. The van der Waals surface area contributed by atoms with Gasteiger partial charge in [-0.25, -0.2) is 4.79 Å². The van der Waals surface area contributed by atoms with E-state index in [2.05, 4.69) is 5.32 Å². The fourth-order valence-corrected chi connectivity index (χ4v) is 2.97. The predicted octanol–water partition coefficient (Wildman–Crippen LogP) is 1.83. The minimum Gasteiger partial charge on any atom is -0.478 e. The molecule has 6 heteroatoms. The summed E-state index contributed by atoms with van der Waals surface area (Å²) in [6.45, 7) is 2.93. The largest absolute Gasteiger partial charge is 0.478 e. The number of aromatic carboxylic acids is 1. The number of nitrogens with zero attached hydrogens (tertiary/aromatic N) is 1. The summed E-state index contributed by atoms with van der Waals surface area (Å²) >= 11 is 0. The van der Waals surface area contributed by atoms with Crippen molar-refractivity contribution in [3.8, 4) is 0 Å². The molecule has 0 bridgehead atoms. The molecule has 0 aromatic heterocycles. The molecule has 1 fully saturated rings. The number of carbonyl (C=O) groups is 3. The van der Waals surface area contributed by atoms with Crippen LogP contribution in [0.3, 0.4) is 0 Å². The van der Waals surface area contributed by atoms with Gasteiger partial charge < -0.3 is 15.3 Å². The van der Waals surface area contributed by atoms with E-state index in [4.69, 9.17) is 5.11 Å². The molecule has 1 atom stereocenters. The van der Waals surface area contributed by atoms with Crippen molar-refractivity contribution >= 4 is 17.8 Å². The van der Waals surface area contributed by atoms with Crippen LogP contribution in [0.1, 0.15) is 48.5 Å². The molecular weight excluding hydrogens is 308 g/mol. The van der Waals surface area contributed by atoms with Crippen molar-refractivity contribution in [1.82, 2.24) is 10.2 Å². The highest BCUT2D eigenvalue weighted by Crippen LogP contribution is 2.18. The molecule has 1 aliphatic heterocycles. The number of carbonyl (C=O) groups excluding carboxylic acids is 2. The second-order valence-electron chi connectivity index (χ2n) is 6.00. The summed E-state index contributed by atoms with van der Waals surface area (Å²) in [6, 6.07) is 6.26. The highest BCUT2D eigenvalue weighted by Gasteiger charge is 2.30. The van der Waals surface area contributed by atoms with Crippen molar-refractivity contribution in [3.05, 3.63) is 35.4 Å². The maximum Gasteiger partial charge on any atom is 0.335 e. The highest BCUT2D eigenvalue weighted by molar-refractivity contribution is 5.88. The van der Waals surface area contributed by atoms with Crippen molar-refractivity contribution in [1.29, 1.82) is 0 Å². The average Bonchev–Trinajstić information content (AvgIpc) is 2.61. The zero-order valence-electron chi connectivity index (χ0n) is 14.0. The van der Waals surface area contributed by atoms with Crippen LogP contribution in [0.2, 0.25) is 0 Å². The summed E-state index contributed by atoms with van der Waals surface area (Å²) in [5, 5.41) is 11.8. The number of hydrogen-bond donors (Lipinski definition) is 2. The Morgan fingerprint density at radius 2 is 1.92 bits per heavy atom. The van der Waals surface area contributed by atoms with Gasteiger partial charge in [0.05, 0.1) is 5.56 Å². The fourth-order valence-electron chi connectivity index (χ4n) is 2.97. The van der Waals surface area contributed by atoms with Crippen LogP contribution < -0.4 is 5.32 Å². The minimum atomic E-state index is -0.951. The number of piperidine rings is 1. The van der Waals surface area contributed by atoms with Crippen LogP contribution in [0.15, 0.2) is 24.3 Å². The van der Waals surface area contributed by atoms with Crippen molar-refractivity contribution in [2.24, 2.45) is 0 Å². The van der Waals surface area contributed by atoms with Crippen LogP contribution in [-0.4, -0.2) is 46.9 Å². The Balaban J connectivity index is 1.85. The number of amides is 2. The van der Waals surface area contributed by atoms with E-state index in [0.29, 0.717) is 32.4 Å². The van der Waals surface area contributed by atoms with Crippen LogP contribution in [0, 0.1) is 0 Å². The number of nitrogens with one attached hydrogen (secondary N) is 1. The molecule has 0 saturated carbocycles. The third kappa shape index (κ3) is 4.57. The van der Waals surface area contributed by atoms with Gasteiger partial charge in [-0.15, -0.1) is 0 Å². The molecule has 0 spiro atoms. The van der Waals surface area contributed by atoms with Gasteiger partial charge in [0.1, 0.15) is 6.04 Å². The lowest BCUT2D eigenvalue weighted by atomic mass is 10.0. The Kier molecular flexibility index (Phi) is 6.35. The molecule has 1 heterocycles. The van der Waals surface area contributed by atoms with Crippen LogP contribution in [0.25, 0.3) is 0 Å². The number of benzene rings is 1. The van der Waals surface area contributed by atoms with Gasteiger partial charge in [-0.3, -0.25) is 9.59 Å². The molecular formula is C18H24N2O4. The second kappa shape index (κ2) is 8.47. The molecule has 0 radical (unpaired) electrons. The molecule has 1 aromatic carbocycles. The normalized spacial score (nSPS) is 17.4. The summed E-state index contributed by atoms with van der Waals surface area (Å²) in [6.07, 6.45) is 3.67. The summed E-state index contributed by atoms with van der Waals surface area (Å²) in [5.74, 6) is -1.02. The van der Waals surface area contributed by atoms with Gasteiger partial charge in [-0.05, 0) is 43.4 Å². The monoisotopic (exact) mass is 332 g/mol. The molecule has 2 amide bonds. The van der Waals surface area contributed by atoms with Gasteiger partial charge in [-0.2, -0.15) is 0 Å². The fraction of sp³-hybridized carbons (Fsp3) is 0.500. The van der Waals surface area contributed by atoms with Gasteiger partial charge in [0.25, 0.3) is 0 Å². The van der Waals surface area contributed by atoms with E-state index in [1.807, 2.05) is 6.92 Å². The Hall–Kier alpha value is -2.37. The first-order valence-electron chi connectivity index (χ1n) is 8.42. The summed E-state index contributed by atoms with van der Waals surface area (Å²) in [4.78, 5) is 36.8. The molecule has 1 aromatic rings. The predicted molar refractivity (Wildman–Crippen MR) is 89.8 cm³/mol. The summed E-state index contributed by atoms with van der Waals surface area (Å²) < 4.78 is 0. The zero-order chi connectivity index (χ0) is 17.5. The van der Waals surface area contributed by atoms with Crippen LogP contribution in [0.5, 0.6) is 0 Å². The molecule has 1 unspecified atom stereocenters. The average molecular weight is 332 g/mol. The van der Waals surface area contributed by atoms with Crippen molar-refractivity contribution in [2.45, 2.75) is 45.1 Å². The Morgan fingerprint density at radius 3 is 2.54 bits per heavy atom. The molecule has 1 aliphatic rings. The first kappa shape index (κ1) is 18.0. The molecule has 130 valence electrons. The van der Waals surface area contributed by atoms with E-state index in [-0.39, 0.29) is 23.4 Å². The van der Waals surface area contributed by atoms with Gasteiger partial charge >= 0.3 is 5.97 Å². The summed E-state index contributed by atoms with van der Waals surface area (Å²) in [7, 11) is 0. The lowest BCUT2D eigenvalue weighted by molar-refractivity contribution is -0.142. The zero-order valence-corrected chi connectivity index (χ0v) is 14.0. The molecule has 2 rings (SSSR count). The highest BCUT2D eigenvalue weighted by atomic mass is 16.4. The SMILES string of the molecule is CCC(=O)N1CCCCC1C(=O)NCCc1ccc(C(=O)O)cc1. The molecule has 1 saturated heterocycles. The molecule has 2 N–H and O–H groups in total. The van der Waals surface area contributed by atoms with Crippen molar-refractivity contribution in [3.63, 3.8) is 0 Å². The minimum absolute atomic E-state index is 0.0270. The van der Waals surface area contributed by atoms with Gasteiger partial charge in [0.15, 0.2) is 0 Å². The number of carboxylic acid groups (broad SMARTS) is 1. The number of rotatable bonds is 6. The quantitative estimate of drug-likeness (QED) is 0.832. The number of hydrogen-bond acceptors (Lipinski definition) is 3. The molecule has 0 aliphatic carbocycles. The van der Waals surface area contributed by atoms with Crippen LogP contribution >= 0.6 is 0 Å². The summed E-state index contributed by atoms with van der Waals surface area (Å²) in [5.41, 5.74) is 1.21. The van der Waals surface area contributed by atoms with E-state index in [9.17, 15) is 14.4 Å². The van der Waals surface area contributed by atoms with E-state index in [1.165, 1.54) is 0 Å². The van der Waals surface area contributed by atoms with E-state index < -0.39 is 5.97 Å². The Morgan fingerprint density at radius 1 is 1.21 bits per heavy atom. The first-order valence-corrected chi connectivity index (χ1v) is 8.42. The number of likely N-dealkylation sites (tertiary alicyclic amines) is 1. The van der Waals surface area contributed by atoms with Gasteiger partial charge in [-0.1, -0.05) is 19.1 Å². The smallest absolute Gasteiger partial charge is 0.335 e. The third-order valence-corrected chi connectivity index (χ3v) is 4.34. The van der Waals surface area contributed by atoms with Crippen LogP contribution in [-0.2, 0) is 16.0 Å². The lowest BCUT2D eigenvalue weighted by Crippen LogP contribution is -2.52. The molecule has 24 heavy (non-hydrogen) atoms. The standard InChI is InChI=1S/C18H24N2O4/c1-2-16(21)20-12-4-3-5-15(20)17(22)19-11-10-13-6-8-14(9-7-13)18(23)24/h6-9,15H,2-5,10-12H2,1H3,(H,19,22)(H,23,24). The van der Waals surface area contributed by atoms with E-state index in [0.717, 1.165) is 18.4 Å². The van der Waals surface area contributed by atoms with E-state index >= 15 is 0 Å². The van der Waals surface area contributed by atoms with E-state index in [1.54, 1.807) is 29.2 Å². The van der Waals surface area contributed by atoms with Crippen molar-refractivity contribution < 1.29 is 19.5 Å². The van der Waals surface area contributed by atoms with Crippen molar-refractivity contribution in [2.75, 3.05) is 13.1 Å². The number of carboxylic acids is 1. The first-order chi connectivity index (χ1) is 11.5. The van der Waals surface area contributed by atoms with Gasteiger partial charge in [0.2, 0.25) is 11.8 Å². The topological polar surface area (TPSA) is 86.7 Å². The maximum atomic E-state index is 12.4. The Bertz CT molecular complexity index is 598. The van der Waals surface area contributed by atoms with Gasteiger partial charge in [0, 0.05) is 19.5 Å². The lowest BCUT2D eigenvalue weighted by Gasteiger charge is -2.34. The molecule has 6 nitrogen and oxygen atoms in total.